The standard InChI is InChI=1S/C11H10N.Ir/c1-9-7-8-11(12-9)10-5-3-2-4-6-10;/h2-5,7-9H,1H3;/q-1;. The zero-order valence-corrected chi connectivity index (χ0v) is 9.72. The minimum Gasteiger partial charge on any atom is -0.326 e. The fraction of sp³-hybridized carbons (Fsp3) is 0.182. The maximum absolute atomic E-state index is 4.43. The number of hydrogen-bond acceptors (Lipinski definition) is 1. The molecule has 2 heteroatoms. The number of hydrogen-bond donors (Lipinski definition) is 0. The Morgan fingerprint density at radius 3 is 2.77 bits per heavy atom. The SMILES string of the molecule is CC1C=CC(c2[c-]cccc2)=N1.[Ir]. The van der Waals surface area contributed by atoms with Crippen LogP contribution in [-0.2, 0) is 20.1 Å². The smallest absolute Gasteiger partial charge is 0.0548 e. The van der Waals surface area contributed by atoms with Gasteiger partial charge >= 0.3 is 0 Å². The molecule has 1 heterocycles. The summed E-state index contributed by atoms with van der Waals surface area (Å²) in [5, 5.41) is 0. The van der Waals surface area contributed by atoms with Gasteiger partial charge in [-0.3, -0.25) is 0 Å². The van der Waals surface area contributed by atoms with Crippen LogP contribution in [0.3, 0.4) is 0 Å². The Hall–Kier alpha value is -0.721. The minimum atomic E-state index is 0. The van der Waals surface area contributed by atoms with E-state index in [9.17, 15) is 0 Å². The monoisotopic (exact) mass is 349 g/mol. The van der Waals surface area contributed by atoms with Gasteiger partial charge in [0.2, 0.25) is 0 Å². The molecule has 0 saturated carbocycles. The molecule has 1 nitrogen and oxygen atoms in total. The van der Waals surface area contributed by atoms with Crippen molar-refractivity contribution < 1.29 is 20.1 Å². The third-order valence-corrected chi connectivity index (χ3v) is 1.86. The quantitative estimate of drug-likeness (QED) is 0.690. The van der Waals surface area contributed by atoms with Crippen molar-refractivity contribution in [2.24, 2.45) is 4.99 Å². The summed E-state index contributed by atoms with van der Waals surface area (Å²) in [7, 11) is 0. The zero-order valence-electron chi connectivity index (χ0n) is 7.32. The first-order chi connectivity index (χ1) is 5.86. The average Bonchev–Trinajstić information content (AvgIpc) is 2.54. The molecule has 0 aliphatic carbocycles. The van der Waals surface area contributed by atoms with Crippen LogP contribution < -0.4 is 0 Å². The van der Waals surface area contributed by atoms with Crippen molar-refractivity contribution in [2.45, 2.75) is 13.0 Å². The molecule has 0 bridgehead atoms. The molecule has 1 unspecified atom stereocenters. The Bertz CT molecular complexity index is 327. The van der Waals surface area contributed by atoms with E-state index in [1.165, 1.54) is 0 Å². The fourth-order valence-electron chi connectivity index (χ4n) is 1.25. The molecule has 69 valence electrons. The van der Waals surface area contributed by atoms with E-state index < -0.39 is 0 Å². The van der Waals surface area contributed by atoms with Gasteiger partial charge in [0.1, 0.15) is 0 Å². The molecular formula is C11H10IrN-. The Morgan fingerprint density at radius 2 is 2.23 bits per heavy atom. The summed E-state index contributed by atoms with van der Waals surface area (Å²) < 4.78 is 0. The summed E-state index contributed by atoms with van der Waals surface area (Å²) in [6.07, 6.45) is 4.15. The summed E-state index contributed by atoms with van der Waals surface area (Å²) in [5.74, 6) is 0. The zero-order chi connectivity index (χ0) is 8.39. The van der Waals surface area contributed by atoms with Crippen molar-refractivity contribution in [1.29, 1.82) is 0 Å². The minimum absolute atomic E-state index is 0. The molecule has 0 aromatic heterocycles. The van der Waals surface area contributed by atoms with E-state index in [1.807, 2.05) is 24.3 Å². The molecule has 2 rings (SSSR count). The van der Waals surface area contributed by atoms with Crippen molar-refractivity contribution >= 4 is 5.71 Å². The first-order valence-electron chi connectivity index (χ1n) is 4.09. The molecule has 1 aliphatic rings. The van der Waals surface area contributed by atoms with Crippen LogP contribution in [0.5, 0.6) is 0 Å². The number of benzene rings is 1. The van der Waals surface area contributed by atoms with Crippen molar-refractivity contribution in [1.82, 2.24) is 0 Å². The van der Waals surface area contributed by atoms with Crippen LogP contribution in [0.1, 0.15) is 12.5 Å². The molecule has 0 spiro atoms. The van der Waals surface area contributed by atoms with Crippen LogP contribution in [0.15, 0.2) is 41.4 Å². The Balaban J connectivity index is 0.000000845. The molecule has 0 fully saturated rings. The molecule has 13 heavy (non-hydrogen) atoms. The van der Waals surface area contributed by atoms with Gasteiger partial charge in [-0.2, -0.15) is 0 Å². The van der Waals surface area contributed by atoms with E-state index in [4.69, 9.17) is 0 Å². The average molecular weight is 348 g/mol. The Morgan fingerprint density at radius 1 is 1.38 bits per heavy atom. The van der Waals surface area contributed by atoms with E-state index >= 15 is 0 Å². The number of allylic oxidation sites excluding steroid dienone is 1. The summed E-state index contributed by atoms with van der Waals surface area (Å²) in [4.78, 5) is 4.43. The molecule has 1 radical (unpaired) electrons. The van der Waals surface area contributed by atoms with E-state index in [1.54, 1.807) is 0 Å². The van der Waals surface area contributed by atoms with Gasteiger partial charge < -0.3 is 4.99 Å². The van der Waals surface area contributed by atoms with Gasteiger partial charge in [-0.25, -0.2) is 0 Å². The van der Waals surface area contributed by atoms with Crippen molar-refractivity contribution in [2.75, 3.05) is 0 Å². The Kier molecular flexibility index (Phi) is 3.58. The fourth-order valence-corrected chi connectivity index (χ4v) is 1.25. The van der Waals surface area contributed by atoms with Gasteiger partial charge in [0.25, 0.3) is 0 Å². The van der Waals surface area contributed by atoms with Crippen LogP contribution in [-0.4, -0.2) is 11.8 Å². The van der Waals surface area contributed by atoms with E-state index in [0.717, 1.165) is 11.3 Å². The molecule has 0 saturated heterocycles. The summed E-state index contributed by atoms with van der Waals surface area (Å²) in [6, 6.07) is 11.4. The van der Waals surface area contributed by atoms with Crippen LogP contribution in [0, 0.1) is 6.07 Å². The second-order valence-corrected chi connectivity index (χ2v) is 2.89. The first kappa shape index (κ1) is 10.4. The second-order valence-electron chi connectivity index (χ2n) is 2.89. The predicted molar refractivity (Wildman–Crippen MR) is 50.4 cm³/mol. The molecule has 0 amide bonds. The van der Waals surface area contributed by atoms with Gasteiger partial charge in [0, 0.05) is 20.1 Å². The van der Waals surface area contributed by atoms with E-state index in [2.05, 4.69) is 30.1 Å². The maximum atomic E-state index is 4.43. The molecule has 1 atom stereocenters. The molecule has 1 aliphatic heterocycles. The van der Waals surface area contributed by atoms with Crippen LogP contribution in [0.4, 0.5) is 0 Å². The van der Waals surface area contributed by atoms with E-state index in [-0.39, 0.29) is 20.1 Å². The number of rotatable bonds is 1. The van der Waals surface area contributed by atoms with Crippen LogP contribution in [0.25, 0.3) is 0 Å². The Labute approximate surface area is 91.9 Å². The molecule has 1 aromatic carbocycles. The van der Waals surface area contributed by atoms with E-state index in [0.29, 0.717) is 6.04 Å². The summed E-state index contributed by atoms with van der Waals surface area (Å²) >= 11 is 0. The summed E-state index contributed by atoms with van der Waals surface area (Å²) in [5.41, 5.74) is 2.13. The maximum Gasteiger partial charge on any atom is 0.0548 e. The predicted octanol–water partition coefficient (Wildman–Crippen LogP) is 2.23. The topological polar surface area (TPSA) is 12.4 Å². The third kappa shape index (κ3) is 2.36. The second kappa shape index (κ2) is 4.50. The van der Waals surface area contributed by atoms with Gasteiger partial charge in [0.05, 0.1) is 6.04 Å². The van der Waals surface area contributed by atoms with Gasteiger partial charge in [-0.05, 0) is 12.6 Å². The molecule has 0 N–H and O–H groups in total. The van der Waals surface area contributed by atoms with Crippen LogP contribution >= 0.6 is 0 Å². The third-order valence-electron chi connectivity index (χ3n) is 1.86. The number of nitrogens with zero attached hydrogens (tertiary/aromatic N) is 1. The molecular weight excluding hydrogens is 338 g/mol. The van der Waals surface area contributed by atoms with Crippen molar-refractivity contribution in [3.05, 3.63) is 48.0 Å². The molecule has 1 aromatic rings. The van der Waals surface area contributed by atoms with Crippen LogP contribution in [0.2, 0.25) is 0 Å². The normalized spacial score (nSPS) is 19.5. The van der Waals surface area contributed by atoms with Gasteiger partial charge in [-0.15, -0.1) is 35.9 Å². The summed E-state index contributed by atoms with van der Waals surface area (Å²) in [6.45, 7) is 2.08. The van der Waals surface area contributed by atoms with Crippen molar-refractivity contribution in [3.63, 3.8) is 0 Å². The first-order valence-corrected chi connectivity index (χ1v) is 4.09. The van der Waals surface area contributed by atoms with Crippen molar-refractivity contribution in [3.8, 4) is 0 Å². The number of aliphatic imine (C=N–C) groups is 1. The van der Waals surface area contributed by atoms with Gasteiger partial charge in [-0.1, -0.05) is 12.2 Å². The largest absolute Gasteiger partial charge is 0.326 e. The van der Waals surface area contributed by atoms with Gasteiger partial charge in [0.15, 0.2) is 0 Å².